The first kappa shape index (κ1) is 14.6. The molecule has 3 heteroatoms. The van der Waals surface area contributed by atoms with Gasteiger partial charge in [-0.25, -0.2) is 0 Å². The molecule has 0 bridgehead atoms. The van der Waals surface area contributed by atoms with Crippen molar-refractivity contribution in [3.05, 3.63) is 65.2 Å². The Labute approximate surface area is 120 Å². The Hall–Kier alpha value is -1.84. The first-order chi connectivity index (χ1) is 9.57. The van der Waals surface area contributed by atoms with E-state index in [-0.39, 0.29) is 13.2 Å². The largest absolute Gasteiger partial charge is 0.490 e. The molecule has 0 amide bonds. The van der Waals surface area contributed by atoms with Gasteiger partial charge >= 0.3 is 0 Å². The first-order valence-corrected chi connectivity index (χ1v) is 6.74. The molecule has 20 heavy (non-hydrogen) atoms. The van der Waals surface area contributed by atoms with Crippen molar-refractivity contribution in [1.82, 2.24) is 0 Å². The average Bonchev–Trinajstić information content (AvgIpc) is 2.47. The molecular weight excluding hydrogens is 250 g/mol. The molecule has 0 saturated carbocycles. The normalized spacial score (nSPS) is 13.8. The SMILES string of the molecule is Cc1cccc(C)c1OCC(O)(CN)c1ccccc1. The molecule has 0 saturated heterocycles. The van der Waals surface area contributed by atoms with Crippen LogP contribution in [0.25, 0.3) is 0 Å². The summed E-state index contributed by atoms with van der Waals surface area (Å²) in [5.41, 5.74) is 7.46. The predicted molar refractivity (Wildman–Crippen MR) is 80.8 cm³/mol. The minimum atomic E-state index is -1.17. The van der Waals surface area contributed by atoms with E-state index in [0.29, 0.717) is 0 Å². The van der Waals surface area contributed by atoms with Gasteiger partial charge in [0.2, 0.25) is 0 Å². The van der Waals surface area contributed by atoms with Crippen molar-refractivity contribution < 1.29 is 9.84 Å². The number of nitrogens with two attached hydrogens (primary N) is 1. The van der Waals surface area contributed by atoms with Crippen molar-refractivity contribution in [3.63, 3.8) is 0 Å². The summed E-state index contributed by atoms with van der Waals surface area (Å²) in [5.74, 6) is 0.815. The molecule has 3 N–H and O–H groups in total. The maximum atomic E-state index is 10.7. The fourth-order valence-corrected chi connectivity index (χ4v) is 2.23. The molecule has 1 atom stereocenters. The topological polar surface area (TPSA) is 55.5 Å². The molecule has 0 aliphatic rings. The van der Waals surface area contributed by atoms with E-state index in [1.54, 1.807) is 0 Å². The molecule has 0 aromatic heterocycles. The highest BCUT2D eigenvalue weighted by molar-refractivity contribution is 5.40. The van der Waals surface area contributed by atoms with Crippen molar-refractivity contribution in [1.29, 1.82) is 0 Å². The third-order valence-corrected chi connectivity index (χ3v) is 3.51. The van der Waals surface area contributed by atoms with Gasteiger partial charge in [-0.3, -0.25) is 0 Å². The van der Waals surface area contributed by atoms with E-state index in [4.69, 9.17) is 10.5 Å². The molecule has 1 unspecified atom stereocenters. The summed E-state index contributed by atoms with van der Waals surface area (Å²) in [5, 5.41) is 10.7. The first-order valence-electron chi connectivity index (χ1n) is 6.74. The lowest BCUT2D eigenvalue weighted by Crippen LogP contribution is -2.40. The van der Waals surface area contributed by atoms with Crippen molar-refractivity contribution in [2.45, 2.75) is 19.4 Å². The molecule has 0 aliphatic heterocycles. The van der Waals surface area contributed by atoms with E-state index >= 15 is 0 Å². The van der Waals surface area contributed by atoms with Crippen LogP contribution in [0.15, 0.2) is 48.5 Å². The number of para-hydroxylation sites is 1. The molecule has 0 aliphatic carbocycles. The highest BCUT2D eigenvalue weighted by atomic mass is 16.5. The van der Waals surface area contributed by atoms with Gasteiger partial charge in [0.05, 0.1) is 0 Å². The molecule has 0 radical (unpaired) electrons. The Kier molecular flexibility index (Phi) is 4.42. The number of hydrogen-bond donors (Lipinski definition) is 2. The van der Waals surface area contributed by atoms with Gasteiger partial charge in [-0.05, 0) is 30.5 Å². The summed E-state index contributed by atoms with van der Waals surface area (Å²) in [7, 11) is 0. The van der Waals surface area contributed by atoms with E-state index in [1.807, 2.05) is 62.4 Å². The maximum absolute atomic E-state index is 10.7. The highest BCUT2D eigenvalue weighted by Crippen LogP contribution is 2.26. The van der Waals surface area contributed by atoms with Crippen LogP contribution in [0.5, 0.6) is 5.75 Å². The van der Waals surface area contributed by atoms with E-state index in [1.165, 1.54) is 0 Å². The molecular formula is C17H21NO2. The maximum Gasteiger partial charge on any atom is 0.136 e. The van der Waals surface area contributed by atoms with Crippen LogP contribution in [0.1, 0.15) is 16.7 Å². The Morgan fingerprint density at radius 3 is 2.15 bits per heavy atom. The molecule has 106 valence electrons. The standard InChI is InChI=1S/C17H21NO2/c1-13-7-6-8-14(2)16(13)20-12-17(19,11-18)15-9-4-3-5-10-15/h3-10,19H,11-12,18H2,1-2H3. The minimum Gasteiger partial charge on any atom is -0.490 e. The fraction of sp³-hybridized carbons (Fsp3) is 0.294. The van der Waals surface area contributed by atoms with Crippen molar-refractivity contribution in [2.75, 3.05) is 13.2 Å². The molecule has 2 aromatic carbocycles. The summed E-state index contributed by atoms with van der Waals surface area (Å²) in [6.07, 6.45) is 0. The average molecular weight is 271 g/mol. The number of aryl methyl sites for hydroxylation is 2. The smallest absolute Gasteiger partial charge is 0.136 e. The Morgan fingerprint density at radius 2 is 1.60 bits per heavy atom. The lowest BCUT2D eigenvalue weighted by Gasteiger charge is -2.27. The quantitative estimate of drug-likeness (QED) is 0.878. The van der Waals surface area contributed by atoms with E-state index in [2.05, 4.69) is 0 Å². The molecule has 2 rings (SSSR count). The lowest BCUT2D eigenvalue weighted by molar-refractivity contribution is -0.00182. The van der Waals surface area contributed by atoms with Crippen LogP contribution in [0.2, 0.25) is 0 Å². The number of aliphatic hydroxyl groups is 1. The highest BCUT2D eigenvalue weighted by Gasteiger charge is 2.29. The zero-order valence-electron chi connectivity index (χ0n) is 12.0. The third kappa shape index (κ3) is 3.00. The molecule has 0 fully saturated rings. The molecule has 2 aromatic rings. The van der Waals surface area contributed by atoms with Gasteiger partial charge in [0, 0.05) is 6.54 Å². The van der Waals surface area contributed by atoms with Gasteiger partial charge in [0.15, 0.2) is 0 Å². The van der Waals surface area contributed by atoms with Crippen molar-refractivity contribution in [3.8, 4) is 5.75 Å². The van der Waals surface area contributed by atoms with E-state index in [9.17, 15) is 5.11 Å². The predicted octanol–water partition coefficient (Wildman–Crippen LogP) is 2.53. The summed E-state index contributed by atoms with van der Waals surface area (Å²) in [4.78, 5) is 0. The second-order valence-corrected chi connectivity index (χ2v) is 5.11. The minimum absolute atomic E-state index is 0.113. The Balaban J connectivity index is 2.20. The summed E-state index contributed by atoms with van der Waals surface area (Å²) < 4.78 is 5.85. The van der Waals surface area contributed by atoms with Crippen LogP contribution in [0.4, 0.5) is 0 Å². The molecule has 0 spiro atoms. The van der Waals surface area contributed by atoms with Crippen LogP contribution < -0.4 is 10.5 Å². The van der Waals surface area contributed by atoms with Gasteiger partial charge in [-0.1, -0.05) is 48.5 Å². The van der Waals surface area contributed by atoms with Crippen molar-refractivity contribution in [2.24, 2.45) is 5.73 Å². The van der Waals surface area contributed by atoms with Crippen LogP contribution in [0.3, 0.4) is 0 Å². The fourth-order valence-electron chi connectivity index (χ4n) is 2.23. The lowest BCUT2D eigenvalue weighted by atomic mass is 9.95. The Morgan fingerprint density at radius 1 is 1.00 bits per heavy atom. The molecule has 0 heterocycles. The van der Waals surface area contributed by atoms with Gasteiger partial charge in [-0.2, -0.15) is 0 Å². The summed E-state index contributed by atoms with van der Waals surface area (Å²) in [6.45, 7) is 4.24. The van der Waals surface area contributed by atoms with Crippen molar-refractivity contribution >= 4 is 0 Å². The van der Waals surface area contributed by atoms with E-state index in [0.717, 1.165) is 22.4 Å². The van der Waals surface area contributed by atoms with Crippen LogP contribution >= 0.6 is 0 Å². The van der Waals surface area contributed by atoms with Gasteiger partial charge in [0.1, 0.15) is 18.0 Å². The van der Waals surface area contributed by atoms with Crippen LogP contribution in [-0.4, -0.2) is 18.3 Å². The van der Waals surface area contributed by atoms with Gasteiger partial charge < -0.3 is 15.6 Å². The zero-order chi connectivity index (χ0) is 14.6. The monoisotopic (exact) mass is 271 g/mol. The number of ether oxygens (including phenoxy) is 1. The van der Waals surface area contributed by atoms with Gasteiger partial charge in [0.25, 0.3) is 0 Å². The second-order valence-electron chi connectivity index (χ2n) is 5.11. The van der Waals surface area contributed by atoms with Gasteiger partial charge in [-0.15, -0.1) is 0 Å². The number of rotatable bonds is 5. The summed E-state index contributed by atoms with van der Waals surface area (Å²) in [6, 6.07) is 15.4. The molecule has 3 nitrogen and oxygen atoms in total. The summed E-state index contributed by atoms with van der Waals surface area (Å²) >= 11 is 0. The third-order valence-electron chi connectivity index (χ3n) is 3.51. The number of hydrogen-bond acceptors (Lipinski definition) is 3. The Bertz CT molecular complexity index is 548. The van der Waals surface area contributed by atoms with Crippen LogP contribution in [-0.2, 0) is 5.60 Å². The van der Waals surface area contributed by atoms with E-state index < -0.39 is 5.60 Å². The number of benzene rings is 2. The van der Waals surface area contributed by atoms with Crippen LogP contribution in [0, 0.1) is 13.8 Å². The second kappa shape index (κ2) is 6.07. The zero-order valence-corrected chi connectivity index (χ0v) is 12.0.